The lowest BCUT2D eigenvalue weighted by Crippen LogP contribution is -2.18. The first-order chi connectivity index (χ1) is 9.60. The fourth-order valence-electron chi connectivity index (χ4n) is 1.82. The molecule has 0 fully saturated rings. The lowest BCUT2D eigenvalue weighted by Gasteiger charge is -2.18. The van der Waals surface area contributed by atoms with Crippen LogP contribution in [0.15, 0.2) is 18.2 Å². The van der Waals surface area contributed by atoms with Crippen LogP contribution in [-0.2, 0) is 9.53 Å². The zero-order valence-corrected chi connectivity index (χ0v) is 12.4. The summed E-state index contributed by atoms with van der Waals surface area (Å²) in [4.78, 5) is 11.2. The molecule has 5 heteroatoms. The molecule has 0 bridgehead atoms. The maximum Gasteiger partial charge on any atom is 0.344 e. The molecule has 0 aliphatic heterocycles. The summed E-state index contributed by atoms with van der Waals surface area (Å²) in [6.07, 6.45) is 2.08. The molecule has 1 rings (SSSR count). The maximum absolute atomic E-state index is 11.2. The minimum Gasteiger partial charge on any atom is -0.482 e. The molecule has 5 nitrogen and oxygen atoms in total. The predicted molar refractivity (Wildman–Crippen MR) is 81.0 cm³/mol. The number of nitrogens with one attached hydrogen (secondary N) is 1. The number of anilines is 2. The molecule has 0 aromatic heterocycles. The minimum atomic E-state index is -0.384. The number of hydrogen-bond acceptors (Lipinski definition) is 5. The Morgan fingerprint density at radius 3 is 2.55 bits per heavy atom. The van der Waals surface area contributed by atoms with Gasteiger partial charge in [0.1, 0.15) is 5.75 Å². The van der Waals surface area contributed by atoms with Gasteiger partial charge in [0.2, 0.25) is 0 Å². The van der Waals surface area contributed by atoms with E-state index < -0.39 is 0 Å². The number of carbonyl (C=O) groups excluding carboxylic acids is 1. The lowest BCUT2D eigenvalue weighted by atomic mass is 10.1. The molecule has 0 saturated carbocycles. The van der Waals surface area contributed by atoms with Gasteiger partial charge < -0.3 is 20.5 Å². The van der Waals surface area contributed by atoms with Crippen molar-refractivity contribution in [2.45, 2.75) is 39.7 Å². The van der Waals surface area contributed by atoms with E-state index in [0.717, 1.165) is 18.5 Å². The van der Waals surface area contributed by atoms with E-state index >= 15 is 0 Å². The van der Waals surface area contributed by atoms with Gasteiger partial charge in [0, 0.05) is 12.1 Å². The average Bonchev–Trinajstić information content (AvgIpc) is 2.44. The second kappa shape index (κ2) is 8.30. The topological polar surface area (TPSA) is 73.6 Å². The maximum atomic E-state index is 11.2. The number of nitrogen functional groups attached to an aromatic ring is 1. The van der Waals surface area contributed by atoms with E-state index in [1.54, 1.807) is 19.1 Å². The van der Waals surface area contributed by atoms with E-state index in [4.69, 9.17) is 15.2 Å². The van der Waals surface area contributed by atoms with Crippen molar-refractivity contribution < 1.29 is 14.3 Å². The van der Waals surface area contributed by atoms with E-state index in [-0.39, 0.29) is 12.6 Å². The summed E-state index contributed by atoms with van der Waals surface area (Å²) in [5, 5.41) is 3.39. The summed E-state index contributed by atoms with van der Waals surface area (Å²) < 4.78 is 10.1. The largest absolute Gasteiger partial charge is 0.482 e. The molecule has 112 valence electrons. The first-order valence-corrected chi connectivity index (χ1v) is 7.05. The minimum absolute atomic E-state index is 0.105. The smallest absolute Gasteiger partial charge is 0.344 e. The van der Waals surface area contributed by atoms with E-state index in [9.17, 15) is 4.79 Å². The van der Waals surface area contributed by atoms with Crippen LogP contribution in [0.4, 0.5) is 11.4 Å². The Morgan fingerprint density at radius 1 is 1.30 bits per heavy atom. The zero-order chi connectivity index (χ0) is 15.0. The average molecular weight is 280 g/mol. The number of benzene rings is 1. The molecule has 0 atom stereocenters. The molecule has 1 aromatic rings. The third kappa shape index (κ3) is 4.99. The highest BCUT2D eigenvalue weighted by Crippen LogP contribution is 2.25. The summed E-state index contributed by atoms with van der Waals surface area (Å²) in [6, 6.07) is 5.78. The van der Waals surface area contributed by atoms with E-state index in [1.807, 2.05) is 6.07 Å². The van der Waals surface area contributed by atoms with Crippen molar-refractivity contribution in [1.29, 1.82) is 0 Å². The summed E-state index contributed by atoms with van der Waals surface area (Å²) in [7, 11) is 0. The molecule has 0 aliphatic rings. The summed E-state index contributed by atoms with van der Waals surface area (Å²) in [5.41, 5.74) is 7.49. The number of nitrogens with two attached hydrogens (primary N) is 1. The highest BCUT2D eigenvalue weighted by Gasteiger charge is 2.08. The number of ether oxygens (including phenoxy) is 2. The van der Waals surface area contributed by atoms with Crippen LogP contribution in [0.1, 0.15) is 33.6 Å². The van der Waals surface area contributed by atoms with Crippen molar-refractivity contribution in [3.63, 3.8) is 0 Å². The van der Waals surface area contributed by atoms with Gasteiger partial charge in [0.05, 0.1) is 18.0 Å². The second-order valence-electron chi connectivity index (χ2n) is 4.50. The number of hydrogen-bond donors (Lipinski definition) is 2. The number of rotatable bonds is 8. The molecule has 3 N–H and O–H groups in total. The quantitative estimate of drug-likeness (QED) is 0.566. The Bertz CT molecular complexity index is 431. The van der Waals surface area contributed by atoms with Gasteiger partial charge in [-0.2, -0.15) is 0 Å². The lowest BCUT2D eigenvalue weighted by molar-refractivity contribution is -0.145. The Kier molecular flexibility index (Phi) is 6.70. The fourth-order valence-corrected chi connectivity index (χ4v) is 1.82. The van der Waals surface area contributed by atoms with Crippen molar-refractivity contribution in [2.24, 2.45) is 0 Å². The van der Waals surface area contributed by atoms with Crippen LogP contribution in [0.5, 0.6) is 5.75 Å². The van der Waals surface area contributed by atoms with Crippen LogP contribution in [0.2, 0.25) is 0 Å². The summed E-state index contributed by atoms with van der Waals surface area (Å²) >= 11 is 0. The summed E-state index contributed by atoms with van der Waals surface area (Å²) in [6.45, 7) is 6.27. The van der Waals surface area contributed by atoms with E-state index in [2.05, 4.69) is 19.2 Å². The fraction of sp³-hybridized carbons (Fsp3) is 0.533. The van der Waals surface area contributed by atoms with Gasteiger partial charge in [-0.15, -0.1) is 0 Å². The predicted octanol–water partition coefficient (Wildman–Crippen LogP) is 2.81. The molecule has 1 aromatic carbocycles. The van der Waals surface area contributed by atoms with Crippen LogP contribution in [0, 0.1) is 0 Å². The Hall–Kier alpha value is -1.91. The van der Waals surface area contributed by atoms with Gasteiger partial charge in [-0.25, -0.2) is 4.79 Å². The van der Waals surface area contributed by atoms with Gasteiger partial charge >= 0.3 is 5.97 Å². The number of esters is 1. The van der Waals surface area contributed by atoms with Crippen molar-refractivity contribution >= 4 is 17.3 Å². The monoisotopic (exact) mass is 280 g/mol. The standard InChI is InChI=1S/C15H24N2O3/c1-4-11(5-2)17-14-8-7-12(9-13(14)16)20-10-15(18)19-6-3/h7-9,11,17H,4-6,10,16H2,1-3H3. The van der Waals surface area contributed by atoms with Gasteiger partial charge in [0.15, 0.2) is 6.61 Å². The second-order valence-corrected chi connectivity index (χ2v) is 4.50. The normalized spacial score (nSPS) is 10.4. The highest BCUT2D eigenvalue weighted by atomic mass is 16.6. The van der Waals surface area contributed by atoms with E-state index in [1.165, 1.54) is 0 Å². The van der Waals surface area contributed by atoms with Crippen LogP contribution < -0.4 is 15.8 Å². The van der Waals surface area contributed by atoms with Crippen LogP contribution in [-0.4, -0.2) is 25.2 Å². The molecule has 0 unspecified atom stereocenters. The Balaban J connectivity index is 2.61. The van der Waals surface area contributed by atoms with Gasteiger partial charge in [-0.3, -0.25) is 0 Å². The SMILES string of the molecule is CCOC(=O)COc1ccc(NC(CC)CC)c(N)c1. The van der Waals surface area contributed by atoms with Gasteiger partial charge in [-0.1, -0.05) is 13.8 Å². The zero-order valence-electron chi connectivity index (χ0n) is 12.4. The van der Waals surface area contributed by atoms with Crippen molar-refractivity contribution in [2.75, 3.05) is 24.3 Å². The molecular weight excluding hydrogens is 256 g/mol. The molecule has 0 radical (unpaired) electrons. The molecule has 0 spiro atoms. The van der Waals surface area contributed by atoms with Crippen molar-refractivity contribution in [1.82, 2.24) is 0 Å². The molecule has 0 amide bonds. The molecule has 0 aliphatic carbocycles. The van der Waals surface area contributed by atoms with Gasteiger partial charge in [0.25, 0.3) is 0 Å². The van der Waals surface area contributed by atoms with Crippen LogP contribution >= 0.6 is 0 Å². The molecule has 0 saturated heterocycles. The van der Waals surface area contributed by atoms with Crippen molar-refractivity contribution in [3.8, 4) is 5.75 Å². The third-order valence-corrected chi connectivity index (χ3v) is 3.03. The van der Waals surface area contributed by atoms with Gasteiger partial charge in [-0.05, 0) is 31.9 Å². The molecular formula is C15H24N2O3. The van der Waals surface area contributed by atoms with Crippen LogP contribution in [0.25, 0.3) is 0 Å². The van der Waals surface area contributed by atoms with Crippen molar-refractivity contribution in [3.05, 3.63) is 18.2 Å². The first-order valence-electron chi connectivity index (χ1n) is 7.05. The summed E-state index contributed by atoms with van der Waals surface area (Å²) in [5.74, 6) is 0.177. The first kappa shape index (κ1) is 16.1. The number of carbonyl (C=O) groups is 1. The molecule has 20 heavy (non-hydrogen) atoms. The Labute approximate surface area is 120 Å². The third-order valence-electron chi connectivity index (χ3n) is 3.03. The molecule has 0 heterocycles. The van der Waals surface area contributed by atoms with E-state index in [0.29, 0.717) is 24.1 Å². The Morgan fingerprint density at radius 2 is 2.00 bits per heavy atom. The van der Waals surface area contributed by atoms with Crippen LogP contribution in [0.3, 0.4) is 0 Å². The highest BCUT2D eigenvalue weighted by molar-refractivity contribution is 5.72.